The van der Waals surface area contributed by atoms with Crippen LogP contribution >= 0.6 is 11.8 Å². The smallest absolute Gasteiger partial charge is 0.188 e. The largest absolute Gasteiger partial charge is 0.214 e. The Labute approximate surface area is 128 Å². The first-order valence-corrected chi connectivity index (χ1v) is 7.83. The highest BCUT2D eigenvalue weighted by Crippen LogP contribution is 2.19. The molecule has 0 aliphatic heterocycles. The van der Waals surface area contributed by atoms with Crippen molar-refractivity contribution >= 4 is 11.8 Å². The van der Waals surface area contributed by atoms with E-state index in [4.69, 9.17) is 0 Å². The van der Waals surface area contributed by atoms with Gasteiger partial charge in [-0.15, -0.1) is 5.10 Å². The molecular formula is C16H16N4S. The molecule has 0 aliphatic carbocycles. The number of benzene rings is 2. The van der Waals surface area contributed by atoms with Gasteiger partial charge in [0.1, 0.15) is 0 Å². The highest BCUT2D eigenvalue weighted by molar-refractivity contribution is 7.99. The van der Waals surface area contributed by atoms with E-state index in [0.29, 0.717) is 0 Å². The normalized spacial score (nSPS) is 10.7. The van der Waals surface area contributed by atoms with Crippen LogP contribution in [0.3, 0.4) is 0 Å². The maximum Gasteiger partial charge on any atom is 0.214 e. The van der Waals surface area contributed by atoms with Crippen molar-refractivity contribution in [3.05, 3.63) is 65.7 Å². The molecule has 0 N–H and O–H groups in total. The van der Waals surface area contributed by atoms with Gasteiger partial charge in [0.05, 0.1) is 5.69 Å². The van der Waals surface area contributed by atoms with Crippen LogP contribution in [0.25, 0.3) is 5.69 Å². The summed E-state index contributed by atoms with van der Waals surface area (Å²) in [6, 6.07) is 18.6. The molecule has 0 unspecified atom stereocenters. The molecule has 1 aromatic heterocycles. The quantitative estimate of drug-likeness (QED) is 0.678. The second-order valence-electron chi connectivity index (χ2n) is 4.80. The predicted octanol–water partition coefficient (Wildman–Crippen LogP) is 3.31. The molecule has 4 nitrogen and oxygen atoms in total. The van der Waals surface area contributed by atoms with Crippen molar-refractivity contribution in [2.24, 2.45) is 0 Å². The molecule has 0 spiro atoms. The summed E-state index contributed by atoms with van der Waals surface area (Å²) in [5.41, 5.74) is 3.53. The third-order valence-electron chi connectivity index (χ3n) is 3.15. The zero-order valence-corrected chi connectivity index (χ0v) is 12.6. The van der Waals surface area contributed by atoms with Gasteiger partial charge >= 0.3 is 0 Å². The Kier molecular flexibility index (Phi) is 4.31. The van der Waals surface area contributed by atoms with Crippen LogP contribution in [0.2, 0.25) is 0 Å². The second-order valence-corrected chi connectivity index (χ2v) is 5.86. The van der Waals surface area contributed by atoms with Crippen molar-refractivity contribution in [2.45, 2.75) is 18.5 Å². The highest BCUT2D eigenvalue weighted by atomic mass is 32.2. The lowest BCUT2D eigenvalue weighted by Gasteiger charge is -2.05. The van der Waals surface area contributed by atoms with E-state index >= 15 is 0 Å². The number of aryl methyl sites for hydroxylation is 2. The molecule has 0 atom stereocenters. The van der Waals surface area contributed by atoms with Crippen LogP contribution in [0, 0.1) is 6.92 Å². The van der Waals surface area contributed by atoms with Crippen LogP contribution in [0.15, 0.2) is 59.8 Å². The van der Waals surface area contributed by atoms with Crippen molar-refractivity contribution in [3.8, 4) is 5.69 Å². The number of hydrogen-bond acceptors (Lipinski definition) is 4. The van der Waals surface area contributed by atoms with E-state index in [1.807, 2.05) is 18.2 Å². The van der Waals surface area contributed by atoms with Crippen LogP contribution in [0.5, 0.6) is 0 Å². The van der Waals surface area contributed by atoms with Crippen LogP contribution in [0.4, 0.5) is 0 Å². The lowest BCUT2D eigenvalue weighted by Crippen LogP contribution is -2.00. The Morgan fingerprint density at radius 1 is 1.05 bits per heavy atom. The Bertz CT molecular complexity index is 709. The summed E-state index contributed by atoms with van der Waals surface area (Å²) < 4.78 is 1.79. The van der Waals surface area contributed by atoms with Crippen molar-refractivity contribution in [3.63, 3.8) is 0 Å². The molecular weight excluding hydrogens is 280 g/mol. The zero-order valence-electron chi connectivity index (χ0n) is 11.8. The van der Waals surface area contributed by atoms with Crippen LogP contribution in [-0.2, 0) is 6.42 Å². The lowest BCUT2D eigenvalue weighted by molar-refractivity contribution is 0.755. The average molecular weight is 296 g/mol. The van der Waals surface area contributed by atoms with Gasteiger partial charge in [0.2, 0.25) is 5.16 Å². The number of aromatic nitrogens is 4. The molecule has 0 fully saturated rings. The monoisotopic (exact) mass is 296 g/mol. The van der Waals surface area contributed by atoms with E-state index in [2.05, 4.69) is 58.8 Å². The third kappa shape index (κ3) is 3.49. The summed E-state index contributed by atoms with van der Waals surface area (Å²) in [4.78, 5) is 0. The first kappa shape index (κ1) is 13.8. The van der Waals surface area contributed by atoms with Crippen molar-refractivity contribution < 1.29 is 0 Å². The molecule has 0 bridgehead atoms. The highest BCUT2D eigenvalue weighted by Gasteiger charge is 2.08. The summed E-state index contributed by atoms with van der Waals surface area (Å²) in [5.74, 6) is 0.955. The molecule has 0 aliphatic rings. The number of hydrogen-bond donors (Lipinski definition) is 0. The molecule has 3 rings (SSSR count). The molecule has 0 radical (unpaired) electrons. The van der Waals surface area contributed by atoms with E-state index in [0.717, 1.165) is 23.0 Å². The fourth-order valence-electron chi connectivity index (χ4n) is 2.10. The van der Waals surface area contributed by atoms with Crippen molar-refractivity contribution in [1.29, 1.82) is 0 Å². The average Bonchev–Trinajstić information content (AvgIpc) is 2.97. The zero-order chi connectivity index (χ0) is 14.5. The molecule has 2 aromatic carbocycles. The molecule has 0 saturated carbocycles. The summed E-state index contributed by atoms with van der Waals surface area (Å²) in [6.45, 7) is 2.07. The van der Waals surface area contributed by atoms with Crippen molar-refractivity contribution in [2.75, 3.05) is 5.75 Å². The fraction of sp³-hybridized carbons (Fsp3) is 0.188. The van der Waals surface area contributed by atoms with Crippen LogP contribution in [-0.4, -0.2) is 26.0 Å². The molecule has 3 aromatic rings. The van der Waals surface area contributed by atoms with Gasteiger partial charge in [0.25, 0.3) is 0 Å². The van der Waals surface area contributed by atoms with Crippen LogP contribution in [0.1, 0.15) is 11.1 Å². The predicted molar refractivity (Wildman–Crippen MR) is 84.8 cm³/mol. The molecule has 5 heteroatoms. The minimum absolute atomic E-state index is 0.830. The third-order valence-corrected chi connectivity index (χ3v) is 4.07. The summed E-state index contributed by atoms with van der Waals surface area (Å²) in [6.07, 6.45) is 1.01. The van der Waals surface area contributed by atoms with Gasteiger partial charge < -0.3 is 0 Å². The van der Waals surface area contributed by atoms with E-state index < -0.39 is 0 Å². The van der Waals surface area contributed by atoms with Crippen molar-refractivity contribution in [1.82, 2.24) is 20.2 Å². The van der Waals surface area contributed by atoms with Crippen LogP contribution < -0.4 is 0 Å². The fourth-order valence-corrected chi connectivity index (χ4v) is 2.97. The molecule has 1 heterocycles. The van der Waals surface area contributed by atoms with Gasteiger partial charge in [0, 0.05) is 5.75 Å². The minimum Gasteiger partial charge on any atom is -0.188 e. The maximum atomic E-state index is 4.12. The van der Waals surface area contributed by atoms with E-state index in [9.17, 15) is 0 Å². The van der Waals surface area contributed by atoms with Gasteiger partial charge in [-0.25, -0.2) is 0 Å². The van der Waals surface area contributed by atoms with E-state index in [1.165, 1.54) is 11.1 Å². The minimum atomic E-state index is 0.830. The lowest BCUT2D eigenvalue weighted by atomic mass is 10.2. The Balaban J connectivity index is 1.69. The Hall–Kier alpha value is -2.14. The first-order valence-electron chi connectivity index (χ1n) is 6.85. The van der Waals surface area contributed by atoms with Gasteiger partial charge in [-0.1, -0.05) is 54.2 Å². The molecule has 106 valence electrons. The maximum absolute atomic E-state index is 4.12. The molecule has 21 heavy (non-hydrogen) atoms. The SMILES string of the molecule is Cc1cccc(-n2nnnc2SCCc2ccccc2)c1. The topological polar surface area (TPSA) is 43.6 Å². The first-order chi connectivity index (χ1) is 10.3. The standard InChI is InChI=1S/C16H16N4S/c1-13-6-5-9-15(12-13)20-16(17-18-19-20)21-11-10-14-7-3-2-4-8-14/h2-9,12H,10-11H2,1H3. The van der Waals surface area contributed by atoms with Gasteiger partial charge in [-0.05, 0) is 47.0 Å². The molecule has 0 amide bonds. The summed E-state index contributed by atoms with van der Waals surface area (Å²) in [7, 11) is 0. The Morgan fingerprint density at radius 3 is 2.71 bits per heavy atom. The summed E-state index contributed by atoms with van der Waals surface area (Å²) in [5, 5.41) is 12.8. The summed E-state index contributed by atoms with van der Waals surface area (Å²) >= 11 is 1.68. The number of tetrazole rings is 1. The molecule has 0 saturated heterocycles. The van der Waals surface area contributed by atoms with E-state index in [1.54, 1.807) is 16.4 Å². The number of rotatable bonds is 5. The van der Waals surface area contributed by atoms with E-state index in [-0.39, 0.29) is 0 Å². The number of thioether (sulfide) groups is 1. The van der Waals surface area contributed by atoms with Gasteiger partial charge in [0.15, 0.2) is 0 Å². The Morgan fingerprint density at radius 2 is 1.90 bits per heavy atom. The van der Waals surface area contributed by atoms with Gasteiger partial charge in [-0.2, -0.15) is 4.68 Å². The number of nitrogens with zero attached hydrogens (tertiary/aromatic N) is 4. The second kappa shape index (κ2) is 6.54. The van der Waals surface area contributed by atoms with Gasteiger partial charge in [-0.3, -0.25) is 0 Å².